The predicted octanol–water partition coefficient (Wildman–Crippen LogP) is 4.40. The van der Waals surface area contributed by atoms with Crippen LogP contribution in [-0.4, -0.2) is 45.0 Å². The maximum Gasteiger partial charge on any atom is 0.228 e. The molecule has 0 bridgehead atoms. The van der Waals surface area contributed by atoms with Gasteiger partial charge in [-0.15, -0.1) is 0 Å². The van der Waals surface area contributed by atoms with Crippen molar-refractivity contribution in [3.8, 4) is 22.6 Å². The van der Waals surface area contributed by atoms with Gasteiger partial charge in [-0.25, -0.2) is 15.0 Å². The summed E-state index contributed by atoms with van der Waals surface area (Å²) >= 11 is 0. The SMILES string of the molecule is COC1CCC(C(=O)Nc2cnc(C)c(-c3ccnc(-c4ccnc(NC(=O)C5CC5)c4)n3)c2)CC1. The third-order valence-corrected chi connectivity index (χ3v) is 6.88. The summed E-state index contributed by atoms with van der Waals surface area (Å²) in [6.45, 7) is 1.91. The van der Waals surface area contributed by atoms with Crippen molar-refractivity contribution in [1.29, 1.82) is 0 Å². The third-order valence-electron chi connectivity index (χ3n) is 6.88. The molecule has 36 heavy (non-hydrogen) atoms. The Hall–Kier alpha value is -3.72. The lowest BCUT2D eigenvalue weighted by Gasteiger charge is -2.26. The van der Waals surface area contributed by atoms with Crippen LogP contribution in [0.3, 0.4) is 0 Å². The Morgan fingerprint density at radius 3 is 2.31 bits per heavy atom. The van der Waals surface area contributed by atoms with Crippen LogP contribution in [-0.2, 0) is 14.3 Å². The number of carbonyl (C=O) groups excluding carboxylic acids is 2. The second-order valence-corrected chi connectivity index (χ2v) is 9.51. The Balaban J connectivity index is 1.33. The van der Waals surface area contributed by atoms with E-state index < -0.39 is 0 Å². The zero-order chi connectivity index (χ0) is 25.1. The van der Waals surface area contributed by atoms with E-state index in [-0.39, 0.29) is 29.8 Å². The molecule has 9 heteroatoms. The number of anilines is 2. The van der Waals surface area contributed by atoms with Crippen molar-refractivity contribution in [2.24, 2.45) is 11.8 Å². The number of pyridine rings is 2. The molecule has 186 valence electrons. The fraction of sp³-hybridized carbons (Fsp3) is 0.407. The maximum absolute atomic E-state index is 12.8. The summed E-state index contributed by atoms with van der Waals surface area (Å²) in [6, 6.07) is 7.31. The van der Waals surface area contributed by atoms with Crippen molar-refractivity contribution in [3.63, 3.8) is 0 Å². The van der Waals surface area contributed by atoms with E-state index in [0.717, 1.165) is 55.3 Å². The highest BCUT2D eigenvalue weighted by molar-refractivity contribution is 5.94. The van der Waals surface area contributed by atoms with Gasteiger partial charge in [0.1, 0.15) is 5.82 Å². The van der Waals surface area contributed by atoms with Crippen LogP contribution in [0, 0.1) is 18.8 Å². The Kier molecular flexibility index (Phi) is 6.99. The first kappa shape index (κ1) is 24.0. The van der Waals surface area contributed by atoms with Crippen LogP contribution in [0.4, 0.5) is 11.5 Å². The van der Waals surface area contributed by atoms with Crippen molar-refractivity contribution in [2.45, 2.75) is 51.6 Å². The number of hydrogen-bond acceptors (Lipinski definition) is 7. The van der Waals surface area contributed by atoms with E-state index in [2.05, 4.69) is 25.6 Å². The summed E-state index contributed by atoms with van der Waals surface area (Å²) in [5, 5.41) is 5.90. The number of aromatic nitrogens is 4. The van der Waals surface area contributed by atoms with E-state index in [1.165, 1.54) is 0 Å². The first-order valence-electron chi connectivity index (χ1n) is 12.4. The van der Waals surface area contributed by atoms with Gasteiger partial charge in [0.05, 0.1) is 23.7 Å². The number of carbonyl (C=O) groups is 2. The molecule has 0 aliphatic heterocycles. The van der Waals surface area contributed by atoms with Gasteiger partial charge < -0.3 is 15.4 Å². The predicted molar refractivity (Wildman–Crippen MR) is 136 cm³/mol. The molecule has 0 atom stereocenters. The van der Waals surface area contributed by atoms with Gasteiger partial charge in [0.2, 0.25) is 11.8 Å². The van der Waals surface area contributed by atoms with Gasteiger partial charge in [-0.2, -0.15) is 0 Å². The monoisotopic (exact) mass is 486 g/mol. The van der Waals surface area contributed by atoms with Gasteiger partial charge >= 0.3 is 0 Å². The maximum atomic E-state index is 12.8. The molecule has 0 radical (unpaired) electrons. The fourth-order valence-corrected chi connectivity index (χ4v) is 4.53. The van der Waals surface area contributed by atoms with Crippen molar-refractivity contribution in [3.05, 3.63) is 48.5 Å². The average Bonchev–Trinajstić information content (AvgIpc) is 3.76. The Morgan fingerprint density at radius 1 is 0.889 bits per heavy atom. The third kappa shape index (κ3) is 5.57. The summed E-state index contributed by atoms with van der Waals surface area (Å²) in [5.74, 6) is 1.09. The number of amides is 2. The van der Waals surface area contributed by atoms with Gasteiger partial charge in [-0.1, -0.05) is 0 Å². The van der Waals surface area contributed by atoms with Crippen LogP contribution in [0.2, 0.25) is 0 Å². The number of hydrogen-bond donors (Lipinski definition) is 2. The molecule has 0 saturated heterocycles. The molecule has 9 nitrogen and oxygen atoms in total. The van der Waals surface area contributed by atoms with E-state index in [1.807, 2.05) is 25.1 Å². The highest BCUT2D eigenvalue weighted by Gasteiger charge is 2.30. The Labute approximate surface area is 210 Å². The quantitative estimate of drug-likeness (QED) is 0.508. The standard InChI is InChI=1S/C27H30N6O3/c1-16-22(14-20(15-30-16)31-26(34)18-5-7-21(36-2)8-6-18)23-10-12-29-25(32-23)19-9-11-28-24(13-19)33-27(35)17-3-4-17/h9-15,17-18,21H,3-8H2,1-2H3,(H,31,34)(H,28,33,35). The second-order valence-electron chi connectivity index (χ2n) is 9.51. The molecule has 2 fully saturated rings. The topological polar surface area (TPSA) is 119 Å². The van der Waals surface area contributed by atoms with E-state index in [0.29, 0.717) is 23.0 Å². The van der Waals surface area contributed by atoms with Crippen LogP contribution in [0.15, 0.2) is 42.9 Å². The summed E-state index contributed by atoms with van der Waals surface area (Å²) in [4.78, 5) is 42.9. The van der Waals surface area contributed by atoms with Crippen molar-refractivity contribution >= 4 is 23.3 Å². The summed E-state index contributed by atoms with van der Waals surface area (Å²) in [7, 11) is 1.73. The van der Waals surface area contributed by atoms with Gasteiger partial charge in [0.25, 0.3) is 0 Å². The number of ether oxygens (including phenoxy) is 1. The number of rotatable bonds is 7. The summed E-state index contributed by atoms with van der Waals surface area (Å²) < 4.78 is 5.42. The lowest BCUT2D eigenvalue weighted by Crippen LogP contribution is -2.29. The van der Waals surface area contributed by atoms with Gasteiger partial charge in [0.15, 0.2) is 5.82 Å². The number of aryl methyl sites for hydroxylation is 1. The van der Waals surface area contributed by atoms with Crippen molar-refractivity contribution < 1.29 is 14.3 Å². The van der Waals surface area contributed by atoms with Crippen LogP contribution >= 0.6 is 0 Å². The molecular weight excluding hydrogens is 456 g/mol. The fourth-order valence-electron chi connectivity index (χ4n) is 4.53. The van der Waals surface area contributed by atoms with E-state index in [9.17, 15) is 9.59 Å². The second kappa shape index (κ2) is 10.5. The average molecular weight is 487 g/mol. The molecule has 2 N–H and O–H groups in total. The minimum Gasteiger partial charge on any atom is -0.381 e. The number of nitrogens with one attached hydrogen (secondary N) is 2. The van der Waals surface area contributed by atoms with Crippen molar-refractivity contribution in [2.75, 3.05) is 17.7 Å². The van der Waals surface area contributed by atoms with E-state index in [1.54, 1.807) is 31.8 Å². The van der Waals surface area contributed by atoms with Crippen molar-refractivity contribution in [1.82, 2.24) is 19.9 Å². The highest BCUT2D eigenvalue weighted by Crippen LogP contribution is 2.31. The molecule has 2 saturated carbocycles. The molecule has 0 aromatic carbocycles. The van der Waals surface area contributed by atoms with Crippen LogP contribution < -0.4 is 10.6 Å². The van der Waals surface area contributed by atoms with Gasteiger partial charge in [-0.05, 0) is 69.7 Å². The lowest BCUT2D eigenvalue weighted by molar-refractivity contribution is -0.121. The van der Waals surface area contributed by atoms with Gasteiger partial charge in [-0.3, -0.25) is 14.6 Å². The minimum absolute atomic E-state index is 0.00150. The molecule has 0 unspecified atom stereocenters. The zero-order valence-corrected chi connectivity index (χ0v) is 20.5. The normalized spacial score (nSPS) is 19.5. The molecule has 2 aliphatic rings. The molecule has 3 aromatic heterocycles. The summed E-state index contributed by atoms with van der Waals surface area (Å²) in [5.41, 5.74) is 3.70. The smallest absolute Gasteiger partial charge is 0.228 e. The molecule has 2 amide bonds. The zero-order valence-electron chi connectivity index (χ0n) is 20.5. The molecule has 0 spiro atoms. The molecule has 3 heterocycles. The molecular formula is C27H30N6O3. The first-order valence-corrected chi connectivity index (χ1v) is 12.4. The Bertz CT molecular complexity index is 1270. The number of nitrogens with zero attached hydrogens (tertiary/aromatic N) is 4. The van der Waals surface area contributed by atoms with E-state index in [4.69, 9.17) is 9.72 Å². The molecule has 2 aliphatic carbocycles. The molecule has 5 rings (SSSR count). The van der Waals surface area contributed by atoms with E-state index >= 15 is 0 Å². The first-order chi connectivity index (χ1) is 17.5. The largest absolute Gasteiger partial charge is 0.381 e. The lowest BCUT2D eigenvalue weighted by atomic mass is 9.87. The molecule has 3 aromatic rings. The Morgan fingerprint density at radius 2 is 1.58 bits per heavy atom. The minimum atomic E-state index is -0.0203. The van der Waals surface area contributed by atoms with Crippen LogP contribution in [0.25, 0.3) is 22.6 Å². The summed E-state index contributed by atoms with van der Waals surface area (Å²) in [6.07, 6.45) is 10.6. The highest BCUT2D eigenvalue weighted by atomic mass is 16.5. The van der Waals surface area contributed by atoms with Crippen LogP contribution in [0.5, 0.6) is 0 Å². The van der Waals surface area contributed by atoms with Gasteiger partial charge in [0, 0.05) is 48.2 Å². The van der Waals surface area contributed by atoms with Crippen LogP contribution in [0.1, 0.15) is 44.2 Å². The number of methoxy groups -OCH3 is 1.